The van der Waals surface area contributed by atoms with E-state index in [2.05, 4.69) is 10.3 Å². The van der Waals surface area contributed by atoms with Crippen LogP contribution in [0.3, 0.4) is 0 Å². The molecule has 7 heteroatoms. The quantitative estimate of drug-likeness (QED) is 0.367. The average Bonchev–Trinajstić information content (AvgIpc) is 3.25. The number of fused-ring (bicyclic) bond motifs is 1. The van der Waals surface area contributed by atoms with Gasteiger partial charge in [-0.2, -0.15) is 0 Å². The number of nitrogens with zero attached hydrogens (tertiary/aromatic N) is 2. The van der Waals surface area contributed by atoms with E-state index < -0.39 is 0 Å². The summed E-state index contributed by atoms with van der Waals surface area (Å²) in [7, 11) is 1.61. The van der Waals surface area contributed by atoms with Gasteiger partial charge in [0, 0.05) is 35.2 Å². The average molecular weight is 448 g/mol. The summed E-state index contributed by atoms with van der Waals surface area (Å²) in [5.41, 5.74) is 3.53. The highest BCUT2D eigenvalue weighted by Crippen LogP contribution is 2.28. The topological polar surface area (TPSA) is 64.9 Å². The molecule has 2 heterocycles. The summed E-state index contributed by atoms with van der Waals surface area (Å²) >= 11 is 1.70. The van der Waals surface area contributed by atoms with Gasteiger partial charge in [-0.25, -0.2) is 4.98 Å². The van der Waals surface area contributed by atoms with E-state index in [-0.39, 0.29) is 5.91 Å². The smallest absolute Gasteiger partial charge is 0.251 e. The van der Waals surface area contributed by atoms with E-state index in [0.717, 1.165) is 27.6 Å². The van der Waals surface area contributed by atoms with E-state index in [1.54, 1.807) is 18.9 Å². The minimum Gasteiger partial charge on any atom is -0.493 e. The summed E-state index contributed by atoms with van der Waals surface area (Å²) in [4.78, 5) is 18.3. The second-order valence-electron chi connectivity index (χ2n) is 7.11. The van der Waals surface area contributed by atoms with Crippen molar-refractivity contribution in [2.24, 2.45) is 0 Å². The molecular formula is C25H25N3O3S. The molecule has 0 aliphatic carbocycles. The van der Waals surface area contributed by atoms with E-state index in [9.17, 15) is 4.79 Å². The lowest BCUT2D eigenvalue weighted by Crippen LogP contribution is -2.22. The molecule has 0 unspecified atom stereocenters. The Bertz CT molecular complexity index is 1170. The molecule has 0 atom stereocenters. The number of thioether (sulfide) groups is 1. The van der Waals surface area contributed by atoms with Crippen LogP contribution in [-0.4, -0.2) is 29.0 Å². The molecular weight excluding hydrogens is 422 g/mol. The molecule has 0 saturated carbocycles. The number of aromatic nitrogens is 2. The second kappa shape index (κ2) is 10.2. The number of carbonyl (C=O) groups is 1. The van der Waals surface area contributed by atoms with E-state index in [4.69, 9.17) is 9.47 Å². The molecule has 1 N–H and O–H groups in total. The molecule has 2 aromatic heterocycles. The van der Waals surface area contributed by atoms with Crippen LogP contribution in [0.25, 0.3) is 5.65 Å². The molecule has 0 spiro atoms. The van der Waals surface area contributed by atoms with Crippen molar-refractivity contribution in [2.45, 2.75) is 24.1 Å². The van der Waals surface area contributed by atoms with Crippen LogP contribution in [0.15, 0.2) is 78.0 Å². The molecule has 0 aliphatic heterocycles. The van der Waals surface area contributed by atoms with Crippen LogP contribution >= 0.6 is 11.8 Å². The highest BCUT2D eigenvalue weighted by atomic mass is 32.2. The fourth-order valence-electron chi connectivity index (χ4n) is 3.30. The first-order valence-electron chi connectivity index (χ1n) is 10.4. The van der Waals surface area contributed by atoms with Gasteiger partial charge in [-0.15, -0.1) is 11.8 Å². The maximum Gasteiger partial charge on any atom is 0.251 e. The Morgan fingerprint density at radius 2 is 1.94 bits per heavy atom. The first-order valence-corrected chi connectivity index (χ1v) is 11.4. The molecule has 32 heavy (non-hydrogen) atoms. The second-order valence-corrected chi connectivity index (χ2v) is 8.16. The Kier molecular flexibility index (Phi) is 6.97. The number of carbonyl (C=O) groups excluding carboxylic acids is 1. The zero-order valence-electron chi connectivity index (χ0n) is 18.1. The number of nitrogens with one attached hydrogen (secondary N) is 1. The van der Waals surface area contributed by atoms with Crippen LogP contribution in [0.2, 0.25) is 0 Å². The maximum absolute atomic E-state index is 12.5. The standard InChI is InChI=1S/C25H25N3O3S/c1-3-31-22-12-7-18(14-23(22)30-2)15-26-25(29)19-8-10-21(11-9-19)32-17-20-16-28-13-5-4-6-24(28)27-20/h4-14,16H,3,15,17H2,1-2H3,(H,26,29). The van der Waals surface area contributed by atoms with Gasteiger partial charge in [0.2, 0.25) is 0 Å². The molecule has 4 rings (SSSR count). The predicted octanol–water partition coefficient (Wildman–Crippen LogP) is 4.96. The third-order valence-corrected chi connectivity index (χ3v) is 5.94. The van der Waals surface area contributed by atoms with E-state index in [1.165, 1.54) is 0 Å². The highest BCUT2D eigenvalue weighted by Gasteiger charge is 2.09. The third kappa shape index (κ3) is 5.23. The number of imidazole rings is 1. The van der Waals surface area contributed by atoms with Gasteiger partial charge in [-0.1, -0.05) is 12.1 Å². The van der Waals surface area contributed by atoms with E-state index >= 15 is 0 Å². The number of hydrogen-bond donors (Lipinski definition) is 1. The summed E-state index contributed by atoms with van der Waals surface area (Å²) in [5, 5.41) is 2.96. The highest BCUT2D eigenvalue weighted by molar-refractivity contribution is 7.98. The van der Waals surface area contributed by atoms with E-state index in [1.807, 2.05) is 84.4 Å². The Morgan fingerprint density at radius 3 is 2.69 bits per heavy atom. The lowest BCUT2D eigenvalue weighted by atomic mass is 10.1. The van der Waals surface area contributed by atoms with Gasteiger partial charge in [-0.3, -0.25) is 4.79 Å². The van der Waals surface area contributed by atoms with Crippen LogP contribution in [0.4, 0.5) is 0 Å². The molecule has 0 aliphatic rings. The molecule has 0 radical (unpaired) electrons. The minimum atomic E-state index is -0.116. The largest absolute Gasteiger partial charge is 0.493 e. The monoisotopic (exact) mass is 447 g/mol. The van der Waals surface area contributed by atoms with Crippen molar-refractivity contribution in [3.63, 3.8) is 0 Å². The summed E-state index contributed by atoms with van der Waals surface area (Å²) in [6.07, 6.45) is 4.04. The van der Waals surface area contributed by atoms with Crippen LogP contribution < -0.4 is 14.8 Å². The molecule has 164 valence electrons. The fraction of sp³-hybridized carbons (Fsp3) is 0.200. The van der Waals surface area contributed by atoms with Crippen LogP contribution in [0.1, 0.15) is 28.5 Å². The number of pyridine rings is 1. The van der Waals surface area contributed by atoms with Gasteiger partial charge < -0.3 is 19.2 Å². The van der Waals surface area contributed by atoms with Gasteiger partial charge in [0.1, 0.15) is 5.65 Å². The van der Waals surface area contributed by atoms with Crippen molar-refractivity contribution in [3.8, 4) is 11.5 Å². The van der Waals surface area contributed by atoms with Crippen molar-refractivity contribution in [1.29, 1.82) is 0 Å². The predicted molar refractivity (Wildman–Crippen MR) is 127 cm³/mol. The normalized spacial score (nSPS) is 10.8. The molecule has 4 aromatic rings. The third-order valence-electron chi connectivity index (χ3n) is 4.90. The van der Waals surface area contributed by atoms with Crippen molar-refractivity contribution in [3.05, 3.63) is 89.9 Å². The number of benzene rings is 2. The molecule has 6 nitrogen and oxygen atoms in total. The lowest BCUT2D eigenvalue weighted by molar-refractivity contribution is 0.0951. The first kappa shape index (κ1) is 21.8. The van der Waals surface area contributed by atoms with Gasteiger partial charge in [0.05, 0.1) is 19.4 Å². The number of ether oxygens (including phenoxy) is 2. The van der Waals surface area contributed by atoms with Crippen LogP contribution in [-0.2, 0) is 12.3 Å². The zero-order valence-corrected chi connectivity index (χ0v) is 18.9. The molecule has 0 fully saturated rings. The van der Waals surface area contributed by atoms with Gasteiger partial charge >= 0.3 is 0 Å². The van der Waals surface area contributed by atoms with Crippen LogP contribution in [0.5, 0.6) is 11.5 Å². The van der Waals surface area contributed by atoms with Crippen molar-refractivity contribution < 1.29 is 14.3 Å². The Morgan fingerprint density at radius 1 is 1.09 bits per heavy atom. The lowest BCUT2D eigenvalue weighted by Gasteiger charge is -2.11. The number of hydrogen-bond acceptors (Lipinski definition) is 5. The van der Waals surface area contributed by atoms with Gasteiger partial charge in [0.15, 0.2) is 11.5 Å². The summed E-state index contributed by atoms with van der Waals surface area (Å²) < 4.78 is 12.9. The SMILES string of the molecule is CCOc1ccc(CNC(=O)c2ccc(SCc3cn4ccccc4n3)cc2)cc1OC. The van der Waals surface area contributed by atoms with Crippen molar-refractivity contribution >= 4 is 23.3 Å². The molecule has 0 saturated heterocycles. The Balaban J connectivity index is 1.31. The van der Waals surface area contributed by atoms with E-state index in [0.29, 0.717) is 30.2 Å². The zero-order chi connectivity index (χ0) is 22.3. The fourth-order valence-corrected chi connectivity index (χ4v) is 4.08. The maximum atomic E-state index is 12.5. The minimum absolute atomic E-state index is 0.116. The van der Waals surface area contributed by atoms with Crippen molar-refractivity contribution in [1.82, 2.24) is 14.7 Å². The summed E-state index contributed by atoms with van der Waals surface area (Å²) in [6, 6.07) is 19.3. The Hall–Kier alpha value is -3.45. The first-order chi connectivity index (χ1) is 15.7. The number of rotatable bonds is 9. The molecule has 0 bridgehead atoms. The number of methoxy groups -OCH3 is 1. The van der Waals surface area contributed by atoms with Gasteiger partial charge in [-0.05, 0) is 61.0 Å². The summed E-state index contributed by atoms with van der Waals surface area (Å²) in [6.45, 7) is 2.91. The molecule has 2 aromatic carbocycles. The molecule has 1 amide bonds. The number of amides is 1. The Labute approximate surface area is 191 Å². The van der Waals surface area contributed by atoms with Gasteiger partial charge in [0.25, 0.3) is 5.91 Å². The van der Waals surface area contributed by atoms with Crippen LogP contribution in [0, 0.1) is 0 Å². The summed E-state index contributed by atoms with van der Waals surface area (Å²) in [5.74, 6) is 2.01. The van der Waals surface area contributed by atoms with Crippen molar-refractivity contribution in [2.75, 3.05) is 13.7 Å².